The van der Waals surface area contributed by atoms with Crippen LogP contribution in [0.3, 0.4) is 0 Å². The largest absolute Gasteiger partial charge is 0.346 e. The number of benzene rings is 2. The number of rotatable bonds is 5. The van der Waals surface area contributed by atoms with Crippen molar-refractivity contribution in [2.75, 3.05) is 12.8 Å². The van der Waals surface area contributed by atoms with Crippen LogP contribution in [0.4, 0.5) is 4.39 Å². The SMILES string of the molecule is CNS(=O)(=O)c1ccc(/C=C/C(=O)NC2CCSc3ccc(F)cc32)cc1. The van der Waals surface area contributed by atoms with Gasteiger partial charge in [0.2, 0.25) is 15.9 Å². The first kappa shape index (κ1) is 19.6. The molecule has 8 heteroatoms. The molecular formula is C19H19FN2O3S2. The van der Waals surface area contributed by atoms with E-state index in [4.69, 9.17) is 0 Å². The highest BCUT2D eigenvalue weighted by Gasteiger charge is 2.22. The number of sulfonamides is 1. The summed E-state index contributed by atoms with van der Waals surface area (Å²) in [6.07, 6.45) is 3.73. The van der Waals surface area contributed by atoms with Gasteiger partial charge in [0, 0.05) is 16.7 Å². The van der Waals surface area contributed by atoms with Crippen molar-refractivity contribution in [1.29, 1.82) is 0 Å². The Kier molecular flexibility index (Phi) is 5.98. The molecule has 0 saturated carbocycles. The van der Waals surface area contributed by atoms with Gasteiger partial charge >= 0.3 is 0 Å². The fraction of sp³-hybridized carbons (Fsp3) is 0.211. The Hall–Kier alpha value is -2.16. The van der Waals surface area contributed by atoms with E-state index in [-0.39, 0.29) is 22.7 Å². The van der Waals surface area contributed by atoms with Crippen LogP contribution >= 0.6 is 11.8 Å². The molecule has 0 radical (unpaired) electrons. The average molecular weight is 407 g/mol. The molecule has 1 aliphatic heterocycles. The smallest absolute Gasteiger partial charge is 0.244 e. The summed E-state index contributed by atoms with van der Waals surface area (Å²) in [5.41, 5.74) is 1.50. The molecule has 27 heavy (non-hydrogen) atoms. The van der Waals surface area contributed by atoms with Gasteiger partial charge in [0.1, 0.15) is 5.82 Å². The highest BCUT2D eigenvalue weighted by molar-refractivity contribution is 7.99. The zero-order chi connectivity index (χ0) is 19.4. The Morgan fingerprint density at radius 3 is 2.67 bits per heavy atom. The molecule has 142 valence electrons. The Bertz CT molecular complexity index is 973. The topological polar surface area (TPSA) is 75.3 Å². The van der Waals surface area contributed by atoms with Crippen LogP contribution in [-0.2, 0) is 14.8 Å². The quantitative estimate of drug-likeness (QED) is 0.749. The molecule has 0 saturated heterocycles. The number of halogens is 1. The van der Waals surface area contributed by atoms with Crippen LogP contribution in [0.25, 0.3) is 6.08 Å². The van der Waals surface area contributed by atoms with Gasteiger partial charge < -0.3 is 5.32 Å². The van der Waals surface area contributed by atoms with Crippen molar-refractivity contribution in [2.24, 2.45) is 0 Å². The predicted octanol–water partition coefficient (Wildman–Crippen LogP) is 3.10. The summed E-state index contributed by atoms with van der Waals surface area (Å²) < 4.78 is 39.2. The van der Waals surface area contributed by atoms with Crippen molar-refractivity contribution >= 4 is 33.8 Å². The van der Waals surface area contributed by atoms with Crippen LogP contribution in [0.1, 0.15) is 23.6 Å². The van der Waals surface area contributed by atoms with Crippen LogP contribution in [-0.4, -0.2) is 27.1 Å². The highest BCUT2D eigenvalue weighted by atomic mass is 32.2. The summed E-state index contributed by atoms with van der Waals surface area (Å²) in [6, 6.07) is 10.6. The van der Waals surface area contributed by atoms with E-state index in [2.05, 4.69) is 10.0 Å². The summed E-state index contributed by atoms with van der Waals surface area (Å²) in [6.45, 7) is 0. The van der Waals surface area contributed by atoms with Gasteiger partial charge in [0.15, 0.2) is 0 Å². The first-order valence-corrected chi connectivity index (χ1v) is 10.8. The minimum absolute atomic E-state index is 0.157. The number of carbonyl (C=O) groups is 1. The van der Waals surface area contributed by atoms with E-state index in [1.165, 1.54) is 37.4 Å². The summed E-state index contributed by atoms with van der Waals surface area (Å²) >= 11 is 1.65. The Labute approximate surface area is 162 Å². The maximum Gasteiger partial charge on any atom is 0.244 e. The van der Waals surface area contributed by atoms with Crippen molar-refractivity contribution in [2.45, 2.75) is 22.3 Å². The number of fused-ring (bicyclic) bond motifs is 1. The number of thioether (sulfide) groups is 1. The molecule has 5 nitrogen and oxygen atoms in total. The van der Waals surface area contributed by atoms with Gasteiger partial charge in [-0.05, 0) is 61.0 Å². The normalized spacial score (nSPS) is 16.9. The van der Waals surface area contributed by atoms with Crippen molar-refractivity contribution in [3.63, 3.8) is 0 Å². The zero-order valence-electron chi connectivity index (χ0n) is 14.6. The molecule has 1 aliphatic rings. The second-order valence-corrected chi connectivity index (χ2v) is 9.01. The molecule has 3 rings (SSSR count). The molecule has 1 heterocycles. The molecule has 0 bridgehead atoms. The maximum absolute atomic E-state index is 13.5. The first-order valence-electron chi connectivity index (χ1n) is 8.33. The third kappa shape index (κ3) is 4.77. The number of carbonyl (C=O) groups excluding carboxylic acids is 1. The van der Waals surface area contributed by atoms with Crippen LogP contribution in [0.5, 0.6) is 0 Å². The molecule has 0 aromatic heterocycles. The number of nitrogens with one attached hydrogen (secondary N) is 2. The standard InChI is InChI=1S/C19H19FN2O3S2/c1-21-27(24,25)15-6-2-13(3-7-15)4-9-19(23)22-17-10-11-26-18-8-5-14(20)12-16(17)18/h2-9,12,17,21H,10-11H2,1H3,(H,22,23)/b9-4+. The summed E-state index contributed by atoms with van der Waals surface area (Å²) in [5, 5.41) is 2.91. The lowest BCUT2D eigenvalue weighted by Crippen LogP contribution is -2.29. The van der Waals surface area contributed by atoms with E-state index in [1.807, 2.05) is 0 Å². The summed E-state index contributed by atoms with van der Waals surface area (Å²) in [5.74, 6) is 0.256. The van der Waals surface area contributed by atoms with Gasteiger partial charge in [-0.1, -0.05) is 12.1 Å². The number of hydrogen-bond acceptors (Lipinski definition) is 4. The second kappa shape index (κ2) is 8.24. The monoisotopic (exact) mass is 406 g/mol. The minimum atomic E-state index is -3.48. The van der Waals surface area contributed by atoms with Gasteiger partial charge in [0.25, 0.3) is 0 Å². The highest BCUT2D eigenvalue weighted by Crippen LogP contribution is 2.36. The van der Waals surface area contributed by atoms with E-state index >= 15 is 0 Å². The molecular weight excluding hydrogens is 387 g/mol. The summed E-state index contributed by atoms with van der Waals surface area (Å²) in [7, 11) is -2.13. The van der Waals surface area contributed by atoms with E-state index < -0.39 is 10.0 Å². The van der Waals surface area contributed by atoms with Crippen LogP contribution in [0.15, 0.2) is 58.3 Å². The minimum Gasteiger partial charge on any atom is -0.346 e. The van der Waals surface area contributed by atoms with E-state index in [1.54, 1.807) is 36.0 Å². The Morgan fingerprint density at radius 2 is 1.96 bits per heavy atom. The molecule has 2 aromatic carbocycles. The van der Waals surface area contributed by atoms with Crippen LogP contribution in [0, 0.1) is 5.82 Å². The number of hydrogen-bond donors (Lipinski definition) is 2. The molecule has 1 atom stereocenters. The molecule has 2 aromatic rings. The van der Waals surface area contributed by atoms with E-state index in [0.717, 1.165) is 22.6 Å². The zero-order valence-corrected chi connectivity index (χ0v) is 16.2. The molecule has 2 N–H and O–H groups in total. The number of amides is 1. The van der Waals surface area contributed by atoms with Gasteiger partial charge in [-0.15, -0.1) is 11.8 Å². The molecule has 0 aliphatic carbocycles. The lowest BCUT2D eigenvalue weighted by Gasteiger charge is -2.25. The third-order valence-electron chi connectivity index (χ3n) is 4.21. The fourth-order valence-electron chi connectivity index (χ4n) is 2.78. The predicted molar refractivity (Wildman–Crippen MR) is 104 cm³/mol. The van der Waals surface area contributed by atoms with Crippen molar-refractivity contribution in [3.05, 3.63) is 65.5 Å². The molecule has 1 unspecified atom stereocenters. The van der Waals surface area contributed by atoms with Crippen molar-refractivity contribution in [1.82, 2.24) is 10.0 Å². The van der Waals surface area contributed by atoms with Gasteiger partial charge in [0.05, 0.1) is 10.9 Å². The van der Waals surface area contributed by atoms with Crippen LogP contribution < -0.4 is 10.0 Å². The van der Waals surface area contributed by atoms with Gasteiger partial charge in [-0.2, -0.15) is 0 Å². The Morgan fingerprint density at radius 1 is 1.22 bits per heavy atom. The molecule has 0 fully saturated rings. The van der Waals surface area contributed by atoms with Crippen molar-refractivity contribution in [3.8, 4) is 0 Å². The maximum atomic E-state index is 13.5. The molecule has 0 spiro atoms. The molecule has 1 amide bonds. The second-order valence-electron chi connectivity index (χ2n) is 5.99. The third-order valence-corrected chi connectivity index (χ3v) is 6.77. The lowest BCUT2D eigenvalue weighted by atomic mass is 10.0. The van der Waals surface area contributed by atoms with Gasteiger partial charge in [-0.3, -0.25) is 4.79 Å². The lowest BCUT2D eigenvalue weighted by molar-refractivity contribution is -0.117. The van der Waals surface area contributed by atoms with Crippen LogP contribution in [0.2, 0.25) is 0 Å². The van der Waals surface area contributed by atoms with Gasteiger partial charge in [-0.25, -0.2) is 17.5 Å². The Balaban J connectivity index is 1.67. The fourth-order valence-corrected chi connectivity index (χ4v) is 4.62. The first-order chi connectivity index (χ1) is 12.9. The van der Waals surface area contributed by atoms with E-state index in [0.29, 0.717) is 5.56 Å². The van der Waals surface area contributed by atoms with Crippen molar-refractivity contribution < 1.29 is 17.6 Å². The van der Waals surface area contributed by atoms with E-state index in [9.17, 15) is 17.6 Å². The summed E-state index contributed by atoms with van der Waals surface area (Å²) in [4.78, 5) is 13.4. The average Bonchev–Trinajstić information content (AvgIpc) is 2.67.